The van der Waals surface area contributed by atoms with Crippen molar-refractivity contribution in [2.24, 2.45) is 0 Å². The van der Waals surface area contributed by atoms with E-state index in [1.54, 1.807) is 43.5 Å². The third kappa shape index (κ3) is 4.56. The number of ether oxygens (including phenoxy) is 1. The van der Waals surface area contributed by atoms with Gasteiger partial charge in [0.1, 0.15) is 5.75 Å². The number of carbonyl (C=O) groups is 2. The van der Waals surface area contributed by atoms with Crippen molar-refractivity contribution < 1.29 is 14.3 Å². The summed E-state index contributed by atoms with van der Waals surface area (Å²) in [4.78, 5) is 25.7. The number of amides is 2. The number of rotatable bonds is 6. The highest BCUT2D eigenvalue weighted by Gasteiger charge is 2.15. The van der Waals surface area contributed by atoms with Crippen LogP contribution in [0.4, 0.5) is 11.4 Å². The molecule has 2 N–H and O–H groups in total. The van der Waals surface area contributed by atoms with Crippen LogP contribution in [0.1, 0.15) is 15.9 Å². The standard InChI is InChI=1S/C26H22N2O3/c1-31-24-16-7-6-15-23(24)28-26(30)21-13-4-5-14-22(21)27-25(29)17-19-11-8-10-18-9-2-3-12-20(18)19/h2-16H,17H2,1H3,(H,27,29)(H,28,30). The van der Waals surface area contributed by atoms with Crippen LogP contribution in [0.25, 0.3) is 10.8 Å². The van der Waals surface area contributed by atoms with Crippen LogP contribution in [0.15, 0.2) is 91.0 Å². The van der Waals surface area contributed by atoms with Gasteiger partial charge in [0.05, 0.1) is 30.5 Å². The molecule has 0 saturated carbocycles. The van der Waals surface area contributed by atoms with E-state index >= 15 is 0 Å². The zero-order valence-corrected chi connectivity index (χ0v) is 17.1. The van der Waals surface area contributed by atoms with Crippen molar-refractivity contribution in [2.75, 3.05) is 17.7 Å². The summed E-state index contributed by atoms with van der Waals surface area (Å²) in [5.74, 6) is 0.0489. The van der Waals surface area contributed by atoms with Crippen LogP contribution >= 0.6 is 0 Å². The first-order valence-electron chi connectivity index (χ1n) is 9.95. The van der Waals surface area contributed by atoms with Gasteiger partial charge in [-0.25, -0.2) is 0 Å². The molecule has 0 aliphatic carbocycles. The van der Waals surface area contributed by atoms with E-state index in [4.69, 9.17) is 4.74 Å². The Morgan fingerprint density at radius 2 is 1.42 bits per heavy atom. The number of nitrogens with one attached hydrogen (secondary N) is 2. The fourth-order valence-electron chi connectivity index (χ4n) is 3.54. The Balaban J connectivity index is 1.53. The summed E-state index contributed by atoms with van der Waals surface area (Å²) in [5.41, 5.74) is 2.33. The summed E-state index contributed by atoms with van der Waals surface area (Å²) < 4.78 is 5.29. The van der Waals surface area contributed by atoms with Gasteiger partial charge in [0.25, 0.3) is 5.91 Å². The molecule has 0 fully saturated rings. The predicted octanol–water partition coefficient (Wildman–Crippen LogP) is 5.28. The maximum Gasteiger partial charge on any atom is 0.257 e. The van der Waals surface area contributed by atoms with E-state index in [1.807, 2.05) is 54.6 Å². The fourth-order valence-corrected chi connectivity index (χ4v) is 3.54. The van der Waals surface area contributed by atoms with Gasteiger partial charge >= 0.3 is 0 Å². The quantitative estimate of drug-likeness (QED) is 0.454. The second kappa shape index (κ2) is 9.13. The Hall–Kier alpha value is -4.12. The van der Waals surface area contributed by atoms with Crippen LogP contribution in [0.2, 0.25) is 0 Å². The molecule has 4 rings (SSSR count). The Morgan fingerprint density at radius 3 is 2.26 bits per heavy atom. The van der Waals surface area contributed by atoms with E-state index in [9.17, 15) is 9.59 Å². The Kier molecular flexibility index (Phi) is 5.94. The molecule has 0 atom stereocenters. The van der Waals surface area contributed by atoms with Crippen LogP contribution in [0.3, 0.4) is 0 Å². The number of hydrogen-bond acceptors (Lipinski definition) is 3. The number of fused-ring (bicyclic) bond motifs is 1. The number of benzene rings is 4. The lowest BCUT2D eigenvalue weighted by atomic mass is 10.0. The first-order chi connectivity index (χ1) is 15.2. The minimum Gasteiger partial charge on any atom is -0.495 e. The molecule has 4 aromatic carbocycles. The van der Waals surface area contributed by atoms with Crippen molar-refractivity contribution in [1.82, 2.24) is 0 Å². The molecule has 0 spiro atoms. The molecule has 0 radical (unpaired) electrons. The van der Waals surface area contributed by atoms with Crippen molar-refractivity contribution in [3.63, 3.8) is 0 Å². The number of para-hydroxylation sites is 3. The van der Waals surface area contributed by atoms with Crippen LogP contribution in [0, 0.1) is 0 Å². The normalized spacial score (nSPS) is 10.5. The molecule has 2 amide bonds. The largest absolute Gasteiger partial charge is 0.495 e. The molecule has 0 heterocycles. The van der Waals surface area contributed by atoms with Gasteiger partial charge in [0.15, 0.2) is 0 Å². The molecule has 5 heteroatoms. The van der Waals surface area contributed by atoms with Crippen LogP contribution in [-0.4, -0.2) is 18.9 Å². The minimum atomic E-state index is -0.328. The molecule has 154 valence electrons. The summed E-state index contributed by atoms with van der Waals surface area (Å²) in [7, 11) is 1.55. The summed E-state index contributed by atoms with van der Waals surface area (Å²) in [5, 5.41) is 7.87. The molecule has 0 bridgehead atoms. The molecular weight excluding hydrogens is 388 g/mol. The molecule has 0 saturated heterocycles. The van der Waals surface area contributed by atoms with Gasteiger partial charge in [0.2, 0.25) is 5.91 Å². The van der Waals surface area contributed by atoms with Gasteiger partial charge in [-0.15, -0.1) is 0 Å². The van der Waals surface area contributed by atoms with Crippen molar-refractivity contribution in [3.05, 3.63) is 102 Å². The Bertz CT molecular complexity index is 1240. The second-order valence-electron chi connectivity index (χ2n) is 7.06. The van der Waals surface area contributed by atoms with E-state index in [0.717, 1.165) is 16.3 Å². The van der Waals surface area contributed by atoms with E-state index in [2.05, 4.69) is 10.6 Å². The van der Waals surface area contributed by atoms with E-state index in [-0.39, 0.29) is 18.2 Å². The predicted molar refractivity (Wildman–Crippen MR) is 124 cm³/mol. The van der Waals surface area contributed by atoms with E-state index < -0.39 is 0 Å². The Labute approximate surface area is 180 Å². The van der Waals surface area contributed by atoms with Gasteiger partial charge in [0, 0.05) is 0 Å². The number of carbonyl (C=O) groups excluding carboxylic acids is 2. The monoisotopic (exact) mass is 410 g/mol. The minimum absolute atomic E-state index is 0.186. The second-order valence-corrected chi connectivity index (χ2v) is 7.06. The summed E-state index contributed by atoms with van der Waals surface area (Å²) in [6.07, 6.45) is 0.212. The highest BCUT2D eigenvalue weighted by atomic mass is 16.5. The molecule has 0 aromatic heterocycles. The van der Waals surface area contributed by atoms with Crippen LogP contribution < -0.4 is 15.4 Å². The van der Waals surface area contributed by atoms with Gasteiger partial charge in [-0.2, -0.15) is 0 Å². The van der Waals surface area contributed by atoms with Crippen molar-refractivity contribution in [1.29, 1.82) is 0 Å². The van der Waals surface area contributed by atoms with Gasteiger partial charge in [-0.3, -0.25) is 9.59 Å². The van der Waals surface area contributed by atoms with Crippen molar-refractivity contribution >= 4 is 34.0 Å². The van der Waals surface area contributed by atoms with Gasteiger partial charge in [-0.05, 0) is 40.6 Å². The first kappa shape index (κ1) is 20.2. The number of anilines is 2. The number of hydrogen-bond donors (Lipinski definition) is 2. The molecule has 5 nitrogen and oxygen atoms in total. The van der Waals surface area contributed by atoms with Crippen molar-refractivity contribution in [2.45, 2.75) is 6.42 Å². The van der Waals surface area contributed by atoms with Crippen molar-refractivity contribution in [3.8, 4) is 5.75 Å². The average molecular weight is 410 g/mol. The fraction of sp³-hybridized carbons (Fsp3) is 0.0769. The molecular formula is C26H22N2O3. The zero-order chi connectivity index (χ0) is 21.6. The third-order valence-electron chi connectivity index (χ3n) is 5.03. The topological polar surface area (TPSA) is 67.4 Å². The smallest absolute Gasteiger partial charge is 0.257 e. The van der Waals surface area contributed by atoms with Gasteiger partial charge in [-0.1, -0.05) is 66.7 Å². The van der Waals surface area contributed by atoms with Crippen LogP contribution in [0.5, 0.6) is 5.75 Å². The average Bonchev–Trinajstić information content (AvgIpc) is 2.80. The molecule has 0 aliphatic heterocycles. The lowest BCUT2D eigenvalue weighted by Crippen LogP contribution is -2.19. The molecule has 0 aliphatic rings. The molecule has 31 heavy (non-hydrogen) atoms. The summed E-state index contributed by atoms with van der Waals surface area (Å²) in [6, 6.07) is 28.0. The van der Waals surface area contributed by atoms with Crippen LogP contribution in [-0.2, 0) is 11.2 Å². The maximum absolute atomic E-state index is 12.9. The highest BCUT2D eigenvalue weighted by molar-refractivity contribution is 6.10. The first-order valence-corrected chi connectivity index (χ1v) is 9.95. The molecule has 4 aromatic rings. The lowest BCUT2D eigenvalue weighted by Gasteiger charge is -2.13. The SMILES string of the molecule is COc1ccccc1NC(=O)c1ccccc1NC(=O)Cc1cccc2ccccc12. The summed E-state index contributed by atoms with van der Waals surface area (Å²) >= 11 is 0. The number of methoxy groups -OCH3 is 1. The summed E-state index contributed by atoms with van der Waals surface area (Å²) in [6.45, 7) is 0. The van der Waals surface area contributed by atoms with Gasteiger partial charge < -0.3 is 15.4 Å². The van der Waals surface area contributed by atoms with E-state index in [0.29, 0.717) is 22.7 Å². The zero-order valence-electron chi connectivity index (χ0n) is 17.1. The third-order valence-corrected chi connectivity index (χ3v) is 5.03. The lowest BCUT2D eigenvalue weighted by molar-refractivity contribution is -0.115. The molecule has 0 unspecified atom stereocenters. The van der Waals surface area contributed by atoms with E-state index in [1.165, 1.54) is 0 Å². The highest BCUT2D eigenvalue weighted by Crippen LogP contribution is 2.25. The maximum atomic E-state index is 12.9. The Morgan fingerprint density at radius 1 is 0.742 bits per heavy atom.